The maximum atomic E-state index is 12.7. The van der Waals surface area contributed by atoms with Crippen molar-refractivity contribution in [1.29, 1.82) is 0 Å². The van der Waals surface area contributed by atoms with E-state index < -0.39 is 0 Å². The van der Waals surface area contributed by atoms with Gasteiger partial charge in [0.25, 0.3) is 5.56 Å². The Morgan fingerprint density at radius 2 is 1.71 bits per heavy atom. The molecule has 3 aromatic rings. The van der Waals surface area contributed by atoms with Gasteiger partial charge in [-0.15, -0.1) is 0 Å². The summed E-state index contributed by atoms with van der Waals surface area (Å²) in [5, 5.41) is 0.543. The second-order valence-electron chi connectivity index (χ2n) is 4.89. The van der Waals surface area contributed by atoms with Gasteiger partial charge >= 0.3 is 0 Å². The molecule has 0 spiro atoms. The fourth-order valence-corrected chi connectivity index (χ4v) is 2.49. The molecule has 0 fully saturated rings. The number of para-hydroxylation sites is 2. The van der Waals surface area contributed by atoms with E-state index in [2.05, 4.69) is 4.98 Å². The van der Waals surface area contributed by atoms with E-state index in [9.17, 15) is 9.59 Å². The molecule has 104 valence electrons. The summed E-state index contributed by atoms with van der Waals surface area (Å²) in [7, 11) is 0. The van der Waals surface area contributed by atoms with Crippen LogP contribution in [0.15, 0.2) is 53.3 Å². The van der Waals surface area contributed by atoms with Crippen molar-refractivity contribution in [1.82, 2.24) is 9.55 Å². The molecule has 4 nitrogen and oxygen atoms in total. The molecule has 0 bridgehead atoms. The number of hydrogen-bond acceptors (Lipinski definition) is 3. The molecule has 0 aliphatic carbocycles. The number of Topliss-reactive ketones (excluding diaryl/α,β-unsaturated/α-hetero) is 1. The van der Waals surface area contributed by atoms with E-state index in [0.717, 1.165) is 0 Å². The number of benzene rings is 2. The van der Waals surface area contributed by atoms with Gasteiger partial charge in [-0.3, -0.25) is 14.2 Å². The number of hydrogen-bond donors (Lipinski definition) is 0. The minimum Gasteiger partial charge on any atom is -0.294 e. The summed E-state index contributed by atoms with van der Waals surface area (Å²) in [6.45, 7) is 3.26. The van der Waals surface area contributed by atoms with Crippen LogP contribution in [0.25, 0.3) is 16.6 Å². The summed E-state index contributed by atoms with van der Waals surface area (Å²) < 4.78 is 1.50. The Kier molecular flexibility index (Phi) is 3.14. The van der Waals surface area contributed by atoms with Gasteiger partial charge in [-0.2, -0.15) is 0 Å². The molecule has 21 heavy (non-hydrogen) atoms. The van der Waals surface area contributed by atoms with Gasteiger partial charge in [0.05, 0.1) is 16.6 Å². The first-order valence-corrected chi connectivity index (χ1v) is 6.68. The van der Waals surface area contributed by atoms with Gasteiger partial charge in [0.1, 0.15) is 5.82 Å². The quantitative estimate of drug-likeness (QED) is 0.677. The van der Waals surface area contributed by atoms with Gasteiger partial charge in [-0.1, -0.05) is 24.3 Å². The predicted molar refractivity (Wildman–Crippen MR) is 82.1 cm³/mol. The molecule has 0 unspecified atom stereocenters. The van der Waals surface area contributed by atoms with E-state index in [-0.39, 0.29) is 11.3 Å². The van der Waals surface area contributed by atoms with Crippen LogP contribution in [0.5, 0.6) is 0 Å². The zero-order valence-electron chi connectivity index (χ0n) is 11.8. The van der Waals surface area contributed by atoms with E-state index in [1.54, 1.807) is 31.2 Å². The molecule has 0 radical (unpaired) electrons. The summed E-state index contributed by atoms with van der Waals surface area (Å²) in [6, 6.07) is 14.3. The third-order valence-corrected chi connectivity index (χ3v) is 3.47. The van der Waals surface area contributed by atoms with Crippen LogP contribution >= 0.6 is 0 Å². The summed E-state index contributed by atoms with van der Waals surface area (Å²) in [6.07, 6.45) is 0. The number of nitrogens with zero attached hydrogens (tertiary/aromatic N) is 2. The number of fused-ring (bicyclic) bond motifs is 1. The Morgan fingerprint density at radius 1 is 1.05 bits per heavy atom. The SMILES string of the molecule is CC(=O)c1ccccc1-n1c(C)nc2ccccc2c1=O. The minimum atomic E-state index is -0.160. The lowest BCUT2D eigenvalue weighted by atomic mass is 10.1. The Labute approximate surface area is 121 Å². The van der Waals surface area contributed by atoms with Crippen molar-refractivity contribution >= 4 is 16.7 Å². The van der Waals surface area contributed by atoms with Crippen LogP contribution in [-0.2, 0) is 0 Å². The maximum Gasteiger partial charge on any atom is 0.265 e. The fraction of sp³-hybridized carbons (Fsp3) is 0.118. The topological polar surface area (TPSA) is 52.0 Å². The van der Waals surface area contributed by atoms with Gasteiger partial charge in [-0.25, -0.2) is 4.98 Å². The molecule has 0 saturated heterocycles. The standard InChI is InChI=1S/C17H14N2O2/c1-11(20)13-7-4-6-10-16(13)19-12(2)18-15-9-5-3-8-14(15)17(19)21/h3-10H,1-2H3. The molecular formula is C17H14N2O2. The zero-order chi connectivity index (χ0) is 15.0. The van der Waals surface area contributed by atoms with Crippen molar-refractivity contribution in [2.45, 2.75) is 13.8 Å². The molecule has 4 heteroatoms. The van der Waals surface area contributed by atoms with Crippen LogP contribution in [0.1, 0.15) is 23.1 Å². The predicted octanol–water partition coefficient (Wildman–Crippen LogP) is 2.90. The molecule has 0 aliphatic rings. The minimum absolute atomic E-state index is 0.0786. The molecule has 2 aromatic carbocycles. The Balaban J connectivity index is 2.42. The lowest BCUT2D eigenvalue weighted by Gasteiger charge is -2.13. The number of rotatable bonds is 2. The largest absolute Gasteiger partial charge is 0.294 e. The highest BCUT2D eigenvalue weighted by molar-refractivity contribution is 5.97. The van der Waals surface area contributed by atoms with Crippen molar-refractivity contribution in [3.63, 3.8) is 0 Å². The van der Waals surface area contributed by atoms with Crippen molar-refractivity contribution < 1.29 is 4.79 Å². The van der Waals surface area contributed by atoms with E-state index >= 15 is 0 Å². The summed E-state index contributed by atoms with van der Waals surface area (Å²) in [5.74, 6) is 0.484. The molecule has 0 aliphatic heterocycles. The lowest BCUT2D eigenvalue weighted by Crippen LogP contribution is -2.23. The average Bonchev–Trinajstić information content (AvgIpc) is 2.47. The summed E-state index contributed by atoms with van der Waals surface area (Å²) in [4.78, 5) is 29.0. The van der Waals surface area contributed by atoms with Gasteiger partial charge in [-0.05, 0) is 38.1 Å². The zero-order valence-corrected chi connectivity index (χ0v) is 11.8. The Hall–Kier alpha value is -2.75. The van der Waals surface area contributed by atoms with Gasteiger partial charge < -0.3 is 0 Å². The number of ketones is 1. The smallest absolute Gasteiger partial charge is 0.265 e. The van der Waals surface area contributed by atoms with Crippen LogP contribution in [0, 0.1) is 6.92 Å². The lowest BCUT2D eigenvalue weighted by molar-refractivity contribution is 0.101. The number of carbonyl (C=O) groups excluding carboxylic acids is 1. The number of aryl methyl sites for hydroxylation is 1. The highest BCUT2D eigenvalue weighted by Gasteiger charge is 2.14. The van der Waals surface area contributed by atoms with Crippen LogP contribution < -0.4 is 5.56 Å². The fourth-order valence-electron chi connectivity index (χ4n) is 2.49. The molecule has 3 rings (SSSR count). The van der Waals surface area contributed by atoms with Crippen LogP contribution in [0.4, 0.5) is 0 Å². The van der Waals surface area contributed by atoms with Gasteiger partial charge in [0.15, 0.2) is 5.78 Å². The van der Waals surface area contributed by atoms with Crippen LogP contribution in [-0.4, -0.2) is 15.3 Å². The normalized spacial score (nSPS) is 10.8. The monoisotopic (exact) mass is 278 g/mol. The first kappa shape index (κ1) is 13.2. The van der Waals surface area contributed by atoms with E-state index in [4.69, 9.17) is 0 Å². The average molecular weight is 278 g/mol. The molecule has 1 aromatic heterocycles. The molecule has 0 saturated carbocycles. The maximum absolute atomic E-state index is 12.7. The van der Waals surface area contributed by atoms with Crippen molar-refractivity contribution in [3.05, 3.63) is 70.3 Å². The highest BCUT2D eigenvalue weighted by atomic mass is 16.1. The van der Waals surface area contributed by atoms with Crippen molar-refractivity contribution in [3.8, 4) is 5.69 Å². The second-order valence-corrected chi connectivity index (χ2v) is 4.89. The van der Waals surface area contributed by atoms with Gasteiger partial charge in [0, 0.05) is 5.56 Å². The molecule has 1 heterocycles. The first-order valence-electron chi connectivity index (χ1n) is 6.68. The van der Waals surface area contributed by atoms with Crippen molar-refractivity contribution in [2.24, 2.45) is 0 Å². The third-order valence-electron chi connectivity index (χ3n) is 3.47. The Morgan fingerprint density at radius 3 is 2.48 bits per heavy atom. The summed E-state index contributed by atoms with van der Waals surface area (Å²) in [5.41, 5.74) is 1.59. The second kappa shape index (κ2) is 4.98. The number of aromatic nitrogens is 2. The van der Waals surface area contributed by atoms with E-state index in [1.807, 2.05) is 24.3 Å². The van der Waals surface area contributed by atoms with Crippen molar-refractivity contribution in [2.75, 3.05) is 0 Å². The highest BCUT2D eigenvalue weighted by Crippen LogP contribution is 2.17. The van der Waals surface area contributed by atoms with Crippen LogP contribution in [0.3, 0.4) is 0 Å². The Bertz CT molecular complexity index is 910. The third kappa shape index (κ3) is 2.14. The summed E-state index contributed by atoms with van der Waals surface area (Å²) >= 11 is 0. The first-order chi connectivity index (χ1) is 10.1. The molecular weight excluding hydrogens is 264 g/mol. The molecule has 0 atom stereocenters. The number of carbonyl (C=O) groups is 1. The molecule has 0 N–H and O–H groups in total. The van der Waals surface area contributed by atoms with Crippen LogP contribution in [0.2, 0.25) is 0 Å². The molecule has 0 amide bonds. The van der Waals surface area contributed by atoms with E-state index in [0.29, 0.717) is 28.0 Å². The van der Waals surface area contributed by atoms with Gasteiger partial charge in [0.2, 0.25) is 0 Å². The van der Waals surface area contributed by atoms with E-state index in [1.165, 1.54) is 11.5 Å².